The van der Waals surface area contributed by atoms with E-state index in [-0.39, 0.29) is 12.3 Å². The van der Waals surface area contributed by atoms with Crippen molar-refractivity contribution in [3.05, 3.63) is 58.3 Å². The van der Waals surface area contributed by atoms with Crippen molar-refractivity contribution in [2.24, 2.45) is 0 Å². The Hall–Kier alpha value is -2.46. The number of nitrogens with one attached hydrogen (secondary N) is 1. The smallest absolute Gasteiger partial charge is 0.228 e. The largest absolute Gasteiger partial charge is 0.497 e. The summed E-state index contributed by atoms with van der Waals surface area (Å²) in [6, 6.07) is 9.37. The Morgan fingerprint density at radius 1 is 1.25 bits per heavy atom. The van der Waals surface area contributed by atoms with Crippen molar-refractivity contribution in [3.8, 4) is 5.75 Å². The highest BCUT2D eigenvalue weighted by Gasteiger charge is 2.14. The zero-order valence-corrected chi connectivity index (χ0v) is 14.5. The van der Waals surface area contributed by atoms with Gasteiger partial charge >= 0.3 is 0 Å². The van der Waals surface area contributed by atoms with Gasteiger partial charge in [0.05, 0.1) is 30.5 Å². The third-order valence-corrected chi connectivity index (χ3v) is 4.21. The van der Waals surface area contributed by atoms with E-state index in [0.29, 0.717) is 16.3 Å². The quantitative estimate of drug-likeness (QED) is 0.733. The number of hydrogen-bond acceptors (Lipinski definition) is 3. The summed E-state index contributed by atoms with van der Waals surface area (Å²) in [5.74, 6) is 0.581. The molecule has 1 heterocycles. The Morgan fingerprint density at radius 3 is 2.75 bits per heavy atom. The first kappa shape index (κ1) is 16.4. The van der Waals surface area contributed by atoms with Gasteiger partial charge < -0.3 is 14.5 Å². The Kier molecular flexibility index (Phi) is 4.49. The van der Waals surface area contributed by atoms with Gasteiger partial charge in [0.25, 0.3) is 0 Å². The first-order chi connectivity index (χ1) is 11.5. The van der Waals surface area contributed by atoms with Crippen LogP contribution in [0.15, 0.2) is 41.0 Å². The molecule has 2 aromatic carbocycles. The fourth-order valence-corrected chi connectivity index (χ4v) is 3.13. The maximum Gasteiger partial charge on any atom is 0.228 e. The fourth-order valence-electron chi connectivity index (χ4n) is 2.76. The molecule has 0 aliphatic carbocycles. The number of carbonyl (C=O) groups is 1. The summed E-state index contributed by atoms with van der Waals surface area (Å²) in [5, 5.41) is 4.34. The Balaban J connectivity index is 1.81. The maximum atomic E-state index is 12.4. The number of rotatable bonds is 4. The molecule has 1 N–H and O–H groups in total. The van der Waals surface area contributed by atoms with Crippen molar-refractivity contribution in [1.29, 1.82) is 0 Å². The van der Waals surface area contributed by atoms with Gasteiger partial charge in [0.15, 0.2) is 0 Å². The lowest BCUT2D eigenvalue weighted by atomic mass is 10.1. The van der Waals surface area contributed by atoms with Gasteiger partial charge in [0.1, 0.15) is 11.3 Å². The topological polar surface area (TPSA) is 51.5 Å². The van der Waals surface area contributed by atoms with Gasteiger partial charge in [-0.25, -0.2) is 0 Å². The Bertz CT molecular complexity index is 891. The molecule has 5 heteroatoms. The van der Waals surface area contributed by atoms with Crippen LogP contribution < -0.4 is 10.1 Å². The zero-order chi connectivity index (χ0) is 17.3. The lowest BCUT2D eigenvalue weighted by Crippen LogP contribution is -2.15. The standard InChI is InChI=1S/C19H18ClNO3/c1-11-6-12(2)19(16(20)7-11)21-18(22)8-13-10-24-17-9-14(23-3)4-5-15(13)17/h4-7,9-10H,8H2,1-3H3,(H,21,22). The van der Waals surface area contributed by atoms with Crippen LogP contribution >= 0.6 is 11.6 Å². The second kappa shape index (κ2) is 6.57. The number of methoxy groups -OCH3 is 1. The predicted molar refractivity (Wildman–Crippen MR) is 96.0 cm³/mol. The van der Waals surface area contributed by atoms with E-state index in [2.05, 4.69) is 5.32 Å². The van der Waals surface area contributed by atoms with E-state index in [4.69, 9.17) is 20.8 Å². The number of fused-ring (bicyclic) bond motifs is 1. The molecule has 24 heavy (non-hydrogen) atoms. The van der Waals surface area contributed by atoms with Crippen LogP contribution in [-0.4, -0.2) is 13.0 Å². The van der Waals surface area contributed by atoms with Gasteiger partial charge in [-0.1, -0.05) is 17.7 Å². The third-order valence-electron chi connectivity index (χ3n) is 3.91. The molecule has 0 aliphatic rings. The average Bonchev–Trinajstić information content (AvgIpc) is 2.93. The van der Waals surface area contributed by atoms with Crippen molar-refractivity contribution in [2.45, 2.75) is 20.3 Å². The van der Waals surface area contributed by atoms with Crippen LogP contribution in [0.25, 0.3) is 11.0 Å². The summed E-state index contributed by atoms with van der Waals surface area (Å²) >= 11 is 6.24. The van der Waals surface area contributed by atoms with Crippen LogP contribution in [0, 0.1) is 13.8 Å². The monoisotopic (exact) mass is 343 g/mol. The highest BCUT2D eigenvalue weighted by Crippen LogP contribution is 2.29. The summed E-state index contributed by atoms with van der Waals surface area (Å²) in [5.41, 5.74) is 4.18. The van der Waals surface area contributed by atoms with Gasteiger partial charge in [-0.2, -0.15) is 0 Å². The van der Waals surface area contributed by atoms with Crippen molar-refractivity contribution in [1.82, 2.24) is 0 Å². The minimum Gasteiger partial charge on any atom is -0.497 e. The van der Waals surface area contributed by atoms with Crippen LogP contribution in [0.2, 0.25) is 5.02 Å². The van der Waals surface area contributed by atoms with Crippen LogP contribution in [-0.2, 0) is 11.2 Å². The number of halogens is 1. The number of benzene rings is 2. The first-order valence-electron chi connectivity index (χ1n) is 7.58. The molecule has 0 fully saturated rings. The van der Waals surface area contributed by atoms with Gasteiger partial charge in [-0.05, 0) is 43.2 Å². The first-order valence-corrected chi connectivity index (χ1v) is 7.96. The second-order valence-electron chi connectivity index (χ2n) is 5.79. The highest BCUT2D eigenvalue weighted by molar-refractivity contribution is 6.34. The summed E-state index contributed by atoms with van der Waals surface area (Å²) < 4.78 is 10.7. The van der Waals surface area contributed by atoms with Crippen molar-refractivity contribution < 1.29 is 13.9 Å². The van der Waals surface area contributed by atoms with E-state index in [9.17, 15) is 4.79 Å². The molecule has 0 radical (unpaired) electrons. The van der Waals surface area contributed by atoms with E-state index in [1.807, 2.05) is 38.1 Å². The molecule has 0 spiro atoms. The Labute approximate surface area is 145 Å². The lowest BCUT2D eigenvalue weighted by Gasteiger charge is -2.11. The highest BCUT2D eigenvalue weighted by atomic mass is 35.5. The second-order valence-corrected chi connectivity index (χ2v) is 6.19. The number of aryl methyl sites for hydroxylation is 2. The maximum absolute atomic E-state index is 12.4. The van der Waals surface area contributed by atoms with Gasteiger partial charge in [-0.3, -0.25) is 4.79 Å². The molecular weight excluding hydrogens is 326 g/mol. The average molecular weight is 344 g/mol. The lowest BCUT2D eigenvalue weighted by molar-refractivity contribution is -0.115. The van der Waals surface area contributed by atoms with Crippen molar-refractivity contribution in [2.75, 3.05) is 12.4 Å². The fraction of sp³-hybridized carbons (Fsp3) is 0.211. The summed E-state index contributed by atoms with van der Waals surface area (Å²) in [6.45, 7) is 3.89. The van der Waals surface area contributed by atoms with Crippen LogP contribution in [0.4, 0.5) is 5.69 Å². The minimum absolute atomic E-state index is 0.137. The number of carbonyl (C=O) groups excluding carboxylic acids is 1. The number of hydrogen-bond donors (Lipinski definition) is 1. The molecule has 1 amide bonds. The number of anilines is 1. The molecular formula is C19H18ClNO3. The Morgan fingerprint density at radius 2 is 2.04 bits per heavy atom. The van der Waals surface area contributed by atoms with Crippen LogP contribution in [0.3, 0.4) is 0 Å². The van der Waals surface area contributed by atoms with E-state index in [1.165, 1.54) is 0 Å². The number of ether oxygens (including phenoxy) is 1. The number of furan rings is 1. The molecule has 0 bridgehead atoms. The number of amides is 1. The van der Waals surface area contributed by atoms with Crippen LogP contribution in [0.5, 0.6) is 5.75 Å². The molecule has 4 nitrogen and oxygen atoms in total. The molecule has 3 aromatic rings. The van der Waals surface area contributed by atoms with Crippen LogP contribution in [0.1, 0.15) is 16.7 Å². The third kappa shape index (κ3) is 3.24. The van der Waals surface area contributed by atoms with E-state index < -0.39 is 0 Å². The molecule has 0 atom stereocenters. The van der Waals surface area contributed by atoms with Crippen molar-refractivity contribution >= 4 is 34.2 Å². The predicted octanol–water partition coefficient (Wildman–Crippen LogP) is 4.89. The van der Waals surface area contributed by atoms with Crippen molar-refractivity contribution in [3.63, 3.8) is 0 Å². The van der Waals surface area contributed by atoms with E-state index in [0.717, 1.165) is 27.8 Å². The molecule has 0 unspecified atom stereocenters. The van der Waals surface area contributed by atoms with E-state index >= 15 is 0 Å². The molecule has 1 aromatic heterocycles. The minimum atomic E-state index is -0.137. The van der Waals surface area contributed by atoms with Gasteiger partial charge in [0.2, 0.25) is 5.91 Å². The summed E-state index contributed by atoms with van der Waals surface area (Å²) in [4.78, 5) is 12.4. The van der Waals surface area contributed by atoms with Gasteiger partial charge in [0, 0.05) is 17.0 Å². The molecule has 0 saturated carbocycles. The molecule has 3 rings (SSSR count). The molecule has 0 aliphatic heterocycles. The van der Waals surface area contributed by atoms with E-state index in [1.54, 1.807) is 19.4 Å². The summed E-state index contributed by atoms with van der Waals surface area (Å²) in [6.07, 6.45) is 1.82. The zero-order valence-electron chi connectivity index (χ0n) is 13.8. The van der Waals surface area contributed by atoms with Gasteiger partial charge in [-0.15, -0.1) is 0 Å². The molecule has 124 valence electrons. The normalized spacial score (nSPS) is 10.8. The SMILES string of the molecule is COc1ccc2c(CC(=O)Nc3c(C)cc(C)cc3Cl)coc2c1. The molecule has 0 saturated heterocycles. The summed E-state index contributed by atoms with van der Waals surface area (Å²) in [7, 11) is 1.60.